The van der Waals surface area contributed by atoms with Gasteiger partial charge in [-0.05, 0) is 31.9 Å². The summed E-state index contributed by atoms with van der Waals surface area (Å²) in [5.41, 5.74) is 6.57. The minimum Gasteiger partial charge on any atom is -0.492 e. The van der Waals surface area contributed by atoms with Crippen molar-refractivity contribution >= 4 is 11.6 Å². The van der Waals surface area contributed by atoms with Gasteiger partial charge in [0.15, 0.2) is 0 Å². The third-order valence-corrected chi connectivity index (χ3v) is 4.29. The van der Waals surface area contributed by atoms with Gasteiger partial charge in [0.25, 0.3) is 0 Å². The molecule has 0 spiro atoms. The molecule has 1 aliphatic heterocycles. The van der Waals surface area contributed by atoms with E-state index in [2.05, 4.69) is 11.0 Å². The standard InChI is InChI=1S/C16H23N3O2/c1-2-21-14-6-4-3-5-13(14)18-9-11-19(12-10-18)15(20)16(17)7-8-16/h3-6H,2,7-12,17H2,1H3. The number of piperazine rings is 1. The van der Waals surface area contributed by atoms with Crippen LogP contribution in [0.4, 0.5) is 5.69 Å². The Hall–Kier alpha value is -1.75. The predicted octanol–water partition coefficient (Wildman–Crippen LogP) is 1.23. The Bertz CT molecular complexity index is 520. The van der Waals surface area contributed by atoms with Gasteiger partial charge in [-0.2, -0.15) is 0 Å². The highest BCUT2D eigenvalue weighted by Gasteiger charge is 2.48. The van der Waals surface area contributed by atoms with Crippen molar-refractivity contribution in [3.63, 3.8) is 0 Å². The number of nitrogens with two attached hydrogens (primary N) is 1. The molecule has 5 nitrogen and oxygen atoms in total. The van der Waals surface area contributed by atoms with E-state index in [0.29, 0.717) is 6.61 Å². The zero-order chi connectivity index (χ0) is 14.9. The second kappa shape index (κ2) is 5.56. The zero-order valence-electron chi connectivity index (χ0n) is 12.5. The van der Waals surface area contributed by atoms with Crippen molar-refractivity contribution < 1.29 is 9.53 Å². The molecule has 5 heteroatoms. The van der Waals surface area contributed by atoms with Crippen LogP contribution in [-0.4, -0.2) is 49.1 Å². The van der Waals surface area contributed by atoms with Crippen molar-refractivity contribution in [1.82, 2.24) is 4.90 Å². The number of hydrogen-bond donors (Lipinski definition) is 1. The summed E-state index contributed by atoms with van der Waals surface area (Å²) in [6.45, 7) is 5.77. The van der Waals surface area contributed by atoms with Crippen molar-refractivity contribution in [2.75, 3.05) is 37.7 Å². The Kier molecular flexibility index (Phi) is 3.76. The summed E-state index contributed by atoms with van der Waals surface area (Å²) < 4.78 is 5.69. The Balaban J connectivity index is 1.64. The van der Waals surface area contributed by atoms with Gasteiger partial charge in [0.05, 0.1) is 17.8 Å². The van der Waals surface area contributed by atoms with Crippen LogP contribution >= 0.6 is 0 Å². The third kappa shape index (κ3) is 2.83. The molecule has 1 aromatic carbocycles. The molecule has 2 N–H and O–H groups in total. The molecule has 0 aromatic heterocycles. The van der Waals surface area contributed by atoms with E-state index in [1.54, 1.807) is 0 Å². The van der Waals surface area contributed by atoms with Crippen molar-refractivity contribution in [3.8, 4) is 5.75 Å². The molecule has 1 saturated heterocycles. The summed E-state index contributed by atoms with van der Waals surface area (Å²) in [6.07, 6.45) is 1.67. The van der Waals surface area contributed by atoms with Gasteiger partial charge < -0.3 is 20.3 Å². The first-order valence-electron chi connectivity index (χ1n) is 7.69. The fraction of sp³-hybridized carbons (Fsp3) is 0.562. The molecular weight excluding hydrogens is 266 g/mol. The fourth-order valence-corrected chi connectivity index (χ4v) is 2.81. The topological polar surface area (TPSA) is 58.8 Å². The lowest BCUT2D eigenvalue weighted by Crippen LogP contribution is -2.54. The van der Waals surface area contributed by atoms with E-state index >= 15 is 0 Å². The van der Waals surface area contributed by atoms with Crippen LogP contribution in [-0.2, 0) is 4.79 Å². The summed E-state index contributed by atoms with van der Waals surface area (Å²) in [4.78, 5) is 16.4. The Morgan fingerprint density at radius 3 is 2.52 bits per heavy atom. The van der Waals surface area contributed by atoms with E-state index in [-0.39, 0.29) is 5.91 Å². The van der Waals surface area contributed by atoms with Gasteiger partial charge >= 0.3 is 0 Å². The lowest BCUT2D eigenvalue weighted by Gasteiger charge is -2.37. The van der Waals surface area contributed by atoms with Gasteiger partial charge in [0.1, 0.15) is 5.75 Å². The van der Waals surface area contributed by atoms with Gasteiger partial charge in [-0.1, -0.05) is 12.1 Å². The van der Waals surface area contributed by atoms with Crippen LogP contribution in [0.25, 0.3) is 0 Å². The van der Waals surface area contributed by atoms with E-state index in [1.165, 1.54) is 0 Å². The van der Waals surface area contributed by atoms with Crippen LogP contribution in [0.2, 0.25) is 0 Å². The van der Waals surface area contributed by atoms with E-state index in [4.69, 9.17) is 10.5 Å². The maximum absolute atomic E-state index is 12.3. The van der Waals surface area contributed by atoms with Crippen LogP contribution in [0, 0.1) is 0 Å². The molecule has 0 bridgehead atoms. The van der Waals surface area contributed by atoms with Crippen LogP contribution in [0.3, 0.4) is 0 Å². The second-order valence-electron chi connectivity index (χ2n) is 5.84. The van der Waals surface area contributed by atoms with Gasteiger partial charge in [0.2, 0.25) is 5.91 Å². The molecule has 3 rings (SSSR count). The van der Waals surface area contributed by atoms with Gasteiger partial charge in [-0.25, -0.2) is 0 Å². The number of hydrogen-bond acceptors (Lipinski definition) is 4. The van der Waals surface area contributed by atoms with Crippen LogP contribution in [0.1, 0.15) is 19.8 Å². The number of para-hydroxylation sites is 2. The minimum absolute atomic E-state index is 0.125. The molecule has 2 aliphatic rings. The Labute approximate surface area is 125 Å². The molecule has 2 fully saturated rings. The van der Waals surface area contributed by atoms with E-state index in [0.717, 1.165) is 50.5 Å². The van der Waals surface area contributed by atoms with Crippen molar-refractivity contribution in [1.29, 1.82) is 0 Å². The third-order valence-electron chi connectivity index (χ3n) is 4.29. The minimum atomic E-state index is -0.550. The number of rotatable bonds is 4. The Morgan fingerprint density at radius 1 is 1.24 bits per heavy atom. The average molecular weight is 289 g/mol. The highest BCUT2D eigenvalue weighted by Crippen LogP contribution is 2.35. The predicted molar refractivity (Wildman–Crippen MR) is 82.6 cm³/mol. The van der Waals surface area contributed by atoms with Gasteiger partial charge in [0, 0.05) is 26.2 Å². The number of nitrogens with zero attached hydrogens (tertiary/aromatic N) is 2. The summed E-state index contributed by atoms with van der Waals surface area (Å²) in [7, 11) is 0. The van der Waals surface area contributed by atoms with E-state index in [1.807, 2.05) is 30.0 Å². The lowest BCUT2D eigenvalue weighted by molar-refractivity contribution is -0.133. The molecule has 114 valence electrons. The van der Waals surface area contributed by atoms with Crippen LogP contribution in [0.15, 0.2) is 24.3 Å². The van der Waals surface area contributed by atoms with Crippen molar-refractivity contribution in [3.05, 3.63) is 24.3 Å². The summed E-state index contributed by atoms with van der Waals surface area (Å²) >= 11 is 0. The van der Waals surface area contributed by atoms with Gasteiger partial charge in [-0.15, -0.1) is 0 Å². The molecule has 0 unspecified atom stereocenters. The average Bonchev–Trinajstić information content (AvgIpc) is 3.27. The number of carbonyl (C=O) groups excluding carboxylic acids is 1. The molecule has 1 heterocycles. The molecule has 0 radical (unpaired) electrons. The molecule has 1 saturated carbocycles. The van der Waals surface area contributed by atoms with Gasteiger partial charge in [-0.3, -0.25) is 4.79 Å². The first-order valence-corrected chi connectivity index (χ1v) is 7.69. The highest BCUT2D eigenvalue weighted by atomic mass is 16.5. The molecule has 1 amide bonds. The fourth-order valence-electron chi connectivity index (χ4n) is 2.81. The molecular formula is C16H23N3O2. The first kappa shape index (κ1) is 14.2. The zero-order valence-corrected chi connectivity index (χ0v) is 12.5. The summed E-state index contributed by atoms with van der Waals surface area (Å²) in [5.74, 6) is 1.04. The summed E-state index contributed by atoms with van der Waals surface area (Å²) in [5, 5.41) is 0. The Morgan fingerprint density at radius 2 is 1.90 bits per heavy atom. The van der Waals surface area contributed by atoms with Crippen LogP contribution < -0.4 is 15.4 Å². The number of anilines is 1. The lowest BCUT2D eigenvalue weighted by atomic mass is 10.2. The maximum Gasteiger partial charge on any atom is 0.242 e. The van der Waals surface area contributed by atoms with Crippen molar-refractivity contribution in [2.24, 2.45) is 5.73 Å². The number of ether oxygens (including phenoxy) is 1. The number of amides is 1. The largest absolute Gasteiger partial charge is 0.492 e. The van der Waals surface area contributed by atoms with E-state index < -0.39 is 5.54 Å². The SMILES string of the molecule is CCOc1ccccc1N1CCN(C(=O)C2(N)CC2)CC1. The van der Waals surface area contributed by atoms with Crippen molar-refractivity contribution in [2.45, 2.75) is 25.3 Å². The molecule has 1 aliphatic carbocycles. The second-order valence-corrected chi connectivity index (χ2v) is 5.84. The smallest absolute Gasteiger partial charge is 0.242 e. The van der Waals surface area contributed by atoms with Crippen LogP contribution in [0.5, 0.6) is 5.75 Å². The maximum atomic E-state index is 12.3. The molecule has 1 aromatic rings. The monoisotopic (exact) mass is 289 g/mol. The number of benzene rings is 1. The van der Waals surface area contributed by atoms with E-state index in [9.17, 15) is 4.79 Å². The highest BCUT2D eigenvalue weighted by molar-refractivity contribution is 5.89. The molecule has 21 heavy (non-hydrogen) atoms. The normalized spacial score (nSPS) is 20.3. The summed E-state index contributed by atoms with van der Waals surface area (Å²) in [6, 6.07) is 8.08. The quantitative estimate of drug-likeness (QED) is 0.905. The number of carbonyl (C=O) groups is 1. The molecule has 0 atom stereocenters. The first-order chi connectivity index (χ1) is 10.1.